The maximum Gasteiger partial charge on any atom is 0.174 e. The van der Waals surface area contributed by atoms with Crippen molar-refractivity contribution in [2.45, 2.75) is 13.3 Å². The molecule has 0 aliphatic heterocycles. The number of hydrogen-bond donors (Lipinski definition) is 0. The number of aryl methyl sites for hydroxylation is 1. The number of hydrogen-bond acceptors (Lipinski definition) is 5. The second-order valence-electron chi connectivity index (χ2n) is 5.74. The molecule has 23 heavy (non-hydrogen) atoms. The Hall–Kier alpha value is -2.78. The summed E-state index contributed by atoms with van der Waals surface area (Å²) in [4.78, 5) is 10.8. The second kappa shape index (κ2) is 6.15. The van der Waals surface area contributed by atoms with Crippen molar-refractivity contribution in [1.29, 1.82) is 5.26 Å². The largest absolute Gasteiger partial charge is 0.309 e. The maximum absolute atomic E-state index is 9.64. The molecule has 6 nitrogen and oxygen atoms in total. The summed E-state index contributed by atoms with van der Waals surface area (Å²) >= 11 is 0. The molecule has 0 N–H and O–H groups in total. The number of pyridine rings is 2. The zero-order valence-electron chi connectivity index (χ0n) is 13.5. The van der Waals surface area contributed by atoms with Crippen LogP contribution in [-0.4, -0.2) is 45.1 Å². The number of likely N-dealkylation sites (N-methyl/N-ethyl adjacent to an activating group) is 1. The Balaban J connectivity index is 2.16. The van der Waals surface area contributed by atoms with Crippen molar-refractivity contribution in [1.82, 2.24) is 24.5 Å². The van der Waals surface area contributed by atoms with Gasteiger partial charge in [-0.1, -0.05) is 6.07 Å². The summed E-state index contributed by atoms with van der Waals surface area (Å²) in [7, 11) is 4.03. The van der Waals surface area contributed by atoms with E-state index >= 15 is 0 Å². The molecule has 0 aliphatic rings. The van der Waals surface area contributed by atoms with Crippen LogP contribution in [0, 0.1) is 18.3 Å². The van der Waals surface area contributed by atoms with Crippen LogP contribution >= 0.6 is 0 Å². The van der Waals surface area contributed by atoms with Crippen LogP contribution in [0.15, 0.2) is 30.6 Å². The van der Waals surface area contributed by atoms with Crippen molar-refractivity contribution in [3.8, 4) is 17.2 Å². The third kappa shape index (κ3) is 2.91. The van der Waals surface area contributed by atoms with E-state index in [2.05, 4.69) is 26.0 Å². The molecule has 116 valence electrons. The van der Waals surface area contributed by atoms with Gasteiger partial charge in [0.05, 0.1) is 0 Å². The van der Waals surface area contributed by atoms with Gasteiger partial charge in [-0.15, -0.1) is 0 Å². The van der Waals surface area contributed by atoms with E-state index in [9.17, 15) is 5.26 Å². The molecule has 0 aliphatic carbocycles. The Morgan fingerprint density at radius 2 is 2.17 bits per heavy atom. The first-order valence-electron chi connectivity index (χ1n) is 7.44. The number of nitriles is 1. The zero-order chi connectivity index (χ0) is 16.4. The molecule has 3 rings (SSSR count). The molecule has 0 fully saturated rings. The average Bonchev–Trinajstić information content (AvgIpc) is 2.98. The fourth-order valence-electron chi connectivity index (χ4n) is 2.51. The fraction of sp³-hybridized carbons (Fsp3) is 0.294. The lowest BCUT2D eigenvalue weighted by Crippen LogP contribution is -2.15. The van der Waals surface area contributed by atoms with Gasteiger partial charge in [-0.2, -0.15) is 10.4 Å². The standard InChI is InChI=1S/C17H18N6/c1-12-9-14(13-5-4-7-19-11-13)15(10-18)17-20-16(21-23(12)17)6-8-22(2)3/h4-5,7,9,11H,6,8H2,1-3H3. The molecule has 3 aromatic heterocycles. The number of aromatic nitrogens is 4. The Morgan fingerprint density at radius 1 is 1.35 bits per heavy atom. The van der Waals surface area contributed by atoms with E-state index in [1.165, 1.54) is 0 Å². The van der Waals surface area contributed by atoms with Crippen molar-refractivity contribution in [3.63, 3.8) is 0 Å². The first-order chi connectivity index (χ1) is 11.1. The van der Waals surface area contributed by atoms with Crippen LogP contribution in [0.5, 0.6) is 0 Å². The van der Waals surface area contributed by atoms with Crippen molar-refractivity contribution in [2.75, 3.05) is 20.6 Å². The van der Waals surface area contributed by atoms with Crippen molar-refractivity contribution < 1.29 is 0 Å². The summed E-state index contributed by atoms with van der Waals surface area (Å²) in [5.74, 6) is 0.752. The minimum Gasteiger partial charge on any atom is -0.309 e. The summed E-state index contributed by atoms with van der Waals surface area (Å²) in [6.45, 7) is 2.84. The van der Waals surface area contributed by atoms with Gasteiger partial charge in [-0.05, 0) is 33.2 Å². The Bertz CT molecular complexity index is 873. The Kier molecular flexibility index (Phi) is 4.04. The molecule has 0 radical (unpaired) electrons. The molecule has 0 aromatic carbocycles. The van der Waals surface area contributed by atoms with E-state index in [4.69, 9.17) is 0 Å². The van der Waals surface area contributed by atoms with Gasteiger partial charge in [0.15, 0.2) is 11.5 Å². The van der Waals surface area contributed by atoms with Crippen molar-refractivity contribution in [2.24, 2.45) is 0 Å². The molecule has 0 saturated heterocycles. The van der Waals surface area contributed by atoms with Gasteiger partial charge in [-0.25, -0.2) is 9.50 Å². The highest BCUT2D eigenvalue weighted by Crippen LogP contribution is 2.26. The highest BCUT2D eigenvalue weighted by molar-refractivity contribution is 5.77. The third-order valence-corrected chi connectivity index (χ3v) is 3.70. The fourth-order valence-corrected chi connectivity index (χ4v) is 2.51. The Labute approximate surface area is 135 Å². The molecular formula is C17H18N6. The molecule has 0 atom stereocenters. The summed E-state index contributed by atoms with van der Waals surface area (Å²) < 4.78 is 1.75. The summed E-state index contributed by atoms with van der Waals surface area (Å²) in [6, 6.07) is 8.06. The number of nitrogens with zero attached hydrogens (tertiary/aromatic N) is 6. The van der Waals surface area contributed by atoms with Gasteiger partial charge in [0.25, 0.3) is 0 Å². The van der Waals surface area contributed by atoms with E-state index in [-0.39, 0.29) is 0 Å². The SMILES string of the molecule is Cc1cc(-c2cccnc2)c(C#N)c2nc(CCN(C)C)nn12. The number of rotatable bonds is 4. The van der Waals surface area contributed by atoms with Gasteiger partial charge < -0.3 is 4.90 Å². The van der Waals surface area contributed by atoms with Crippen LogP contribution < -0.4 is 0 Å². The third-order valence-electron chi connectivity index (χ3n) is 3.70. The van der Waals surface area contributed by atoms with Crippen molar-refractivity contribution in [3.05, 3.63) is 47.7 Å². The molecular weight excluding hydrogens is 288 g/mol. The quantitative estimate of drug-likeness (QED) is 0.738. The molecule has 3 heterocycles. The zero-order valence-corrected chi connectivity index (χ0v) is 13.5. The highest BCUT2D eigenvalue weighted by atomic mass is 15.3. The molecule has 0 bridgehead atoms. The van der Waals surface area contributed by atoms with Crippen LogP contribution in [0.25, 0.3) is 16.8 Å². The van der Waals surface area contributed by atoms with Crippen LogP contribution in [0.3, 0.4) is 0 Å². The second-order valence-corrected chi connectivity index (χ2v) is 5.74. The Morgan fingerprint density at radius 3 is 2.83 bits per heavy atom. The lowest BCUT2D eigenvalue weighted by atomic mass is 10.0. The van der Waals surface area contributed by atoms with Crippen molar-refractivity contribution >= 4 is 5.65 Å². The summed E-state index contributed by atoms with van der Waals surface area (Å²) in [6.07, 6.45) is 4.23. The van der Waals surface area contributed by atoms with Gasteiger partial charge in [0.1, 0.15) is 11.6 Å². The highest BCUT2D eigenvalue weighted by Gasteiger charge is 2.16. The van der Waals surface area contributed by atoms with Crippen LogP contribution in [0.2, 0.25) is 0 Å². The van der Waals surface area contributed by atoms with E-state index < -0.39 is 0 Å². The van der Waals surface area contributed by atoms with Crippen LogP contribution in [-0.2, 0) is 6.42 Å². The monoisotopic (exact) mass is 306 g/mol. The van der Waals surface area contributed by atoms with Crippen LogP contribution in [0.4, 0.5) is 0 Å². The van der Waals surface area contributed by atoms with Gasteiger partial charge in [0.2, 0.25) is 0 Å². The predicted octanol–water partition coefficient (Wildman–Crippen LogP) is 2.08. The van der Waals surface area contributed by atoms with Gasteiger partial charge in [0, 0.05) is 42.2 Å². The average molecular weight is 306 g/mol. The smallest absolute Gasteiger partial charge is 0.174 e. The maximum atomic E-state index is 9.64. The first kappa shape index (κ1) is 15.1. The predicted molar refractivity (Wildman–Crippen MR) is 87.9 cm³/mol. The van der Waals surface area contributed by atoms with E-state index in [0.29, 0.717) is 11.2 Å². The minimum absolute atomic E-state index is 0.534. The summed E-state index contributed by atoms with van der Waals surface area (Å²) in [5.41, 5.74) is 3.85. The molecule has 0 saturated carbocycles. The van der Waals surface area contributed by atoms with Gasteiger partial charge >= 0.3 is 0 Å². The van der Waals surface area contributed by atoms with Crippen LogP contribution in [0.1, 0.15) is 17.1 Å². The lowest BCUT2D eigenvalue weighted by Gasteiger charge is -2.07. The van der Waals surface area contributed by atoms with Gasteiger partial charge in [-0.3, -0.25) is 4.98 Å². The van der Waals surface area contributed by atoms with E-state index in [0.717, 1.165) is 35.6 Å². The topological polar surface area (TPSA) is 70.1 Å². The lowest BCUT2D eigenvalue weighted by molar-refractivity contribution is 0.409. The number of fused-ring (bicyclic) bond motifs is 1. The normalized spacial score (nSPS) is 11.1. The van der Waals surface area contributed by atoms with E-state index in [1.54, 1.807) is 16.9 Å². The molecule has 0 amide bonds. The first-order valence-corrected chi connectivity index (χ1v) is 7.44. The molecule has 6 heteroatoms. The minimum atomic E-state index is 0.534. The summed E-state index contributed by atoms with van der Waals surface area (Å²) in [5, 5.41) is 14.2. The molecule has 0 unspecified atom stereocenters. The molecule has 0 spiro atoms. The van der Waals surface area contributed by atoms with E-state index in [1.807, 2.05) is 39.2 Å². The molecule has 3 aromatic rings.